The van der Waals surface area contributed by atoms with E-state index in [9.17, 15) is 4.79 Å². The van der Waals surface area contributed by atoms with Crippen LogP contribution in [-0.2, 0) is 22.6 Å². The molecule has 2 aromatic carbocycles. The normalized spacial score (nSPS) is 11.5. The highest BCUT2D eigenvalue weighted by Gasteiger charge is 2.10. The van der Waals surface area contributed by atoms with Crippen LogP contribution in [0.2, 0.25) is 0 Å². The molecule has 0 amide bonds. The Morgan fingerprint density at radius 2 is 1.42 bits per heavy atom. The Morgan fingerprint density at radius 1 is 0.806 bits per heavy atom. The smallest absolute Gasteiger partial charge is 0.306 e. The number of carbonyl (C=O) groups excluding carboxylic acids is 1. The van der Waals surface area contributed by atoms with Gasteiger partial charge in [-0.1, -0.05) is 38.1 Å². The van der Waals surface area contributed by atoms with Gasteiger partial charge in [0.2, 0.25) is 0 Å². The van der Waals surface area contributed by atoms with Crippen LogP contribution >= 0.6 is 0 Å². The van der Waals surface area contributed by atoms with Crippen molar-refractivity contribution < 1.29 is 14.3 Å². The average Bonchev–Trinajstić information content (AvgIpc) is 2.90. The third-order valence-corrected chi connectivity index (χ3v) is 6.20. The molecule has 2 aromatic rings. The number of unbranched alkanes of at least 4 members (excludes halogenated alkanes) is 1. The number of nitrogens with zero attached hydrogens (tertiary/aromatic N) is 3. The number of aliphatic imine (C=N–C) groups is 1. The Hall–Kier alpha value is -2.70. The van der Waals surface area contributed by atoms with Crippen molar-refractivity contribution in [3.63, 3.8) is 0 Å². The number of rotatable bonds is 18. The molecule has 0 saturated heterocycles. The van der Waals surface area contributed by atoms with E-state index in [1.807, 2.05) is 30.5 Å². The minimum atomic E-state index is -0.151. The molecule has 0 atom stereocenters. The molecular formula is C30H45N3O3. The quantitative estimate of drug-likeness (QED) is 0.153. The number of ether oxygens (including phenoxy) is 2. The lowest BCUT2D eigenvalue weighted by Gasteiger charge is -2.24. The molecule has 0 saturated carbocycles. The second kappa shape index (κ2) is 17.7. The molecule has 0 heterocycles. The van der Waals surface area contributed by atoms with Gasteiger partial charge in [-0.05, 0) is 92.8 Å². The highest BCUT2D eigenvalue weighted by atomic mass is 16.5. The predicted molar refractivity (Wildman–Crippen MR) is 149 cm³/mol. The summed E-state index contributed by atoms with van der Waals surface area (Å²) in [6.07, 6.45) is 7.03. The van der Waals surface area contributed by atoms with E-state index < -0.39 is 0 Å². The Kier molecular flexibility index (Phi) is 14.5. The minimum Gasteiger partial charge on any atom is -0.497 e. The summed E-state index contributed by atoms with van der Waals surface area (Å²) in [5.41, 5.74) is 3.49. The van der Waals surface area contributed by atoms with Gasteiger partial charge in [-0.15, -0.1) is 0 Å². The van der Waals surface area contributed by atoms with Gasteiger partial charge in [0.15, 0.2) is 0 Å². The summed E-state index contributed by atoms with van der Waals surface area (Å²) in [6.45, 7) is 11.2. The molecule has 0 radical (unpaired) electrons. The maximum absolute atomic E-state index is 11.7. The van der Waals surface area contributed by atoms with E-state index >= 15 is 0 Å². The van der Waals surface area contributed by atoms with E-state index in [4.69, 9.17) is 9.47 Å². The topological polar surface area (TPSA) is 54.4 Å². The van der Waals surface area contributed by atoms with E-state index in [1.54, 1.807) is 7.11 Å². The Morgan fingerprint density at radius 3 is 2.00 bits per heavy atom. The fraction of sp³-hybridized carbons (Fsp3) is 0.533. The fourth-order valence-corrected chi connectivity index (χ4v) is 4.21. The van der Waals surface area contributed by atoms with Crippen LogP contribution in [0, 0.1) is 0 Å². The molecule has 0 aliphatic carbocycles. The molecule has 36 heavy (non-hydrogen) atoms. The lowest BCUT2D eigenvalue weighted by atomic mass is 10.1. The van der Waals surface area contributed by atoms with E-state index in [2.05, 4.69) is 52.9 Å². The van der Waals surface area contributed by atoms with E-state index in [0.29, 0.717) is 19.5 Å². The molecule has 2 rings (SSSR count). The summed E-state index contributed by atoms with van der Waals surface area (Å²) >= 11 is 0. The SMILES string of the molecule is CCCN(CCC)CCCCN(CCC(=O)OC)Cc1ccc(CN=Cc2ccc(OC)cc2)cc1. The van der Waals surface area contributed by atoms with Gasteiger partial charge in [-0.3, -0.25) is 14.7 Å². The van der Waals surface area contributed by atoms with Gasteiger partial charge >= 0.3 is 5.97 Å². The molecule has 0 N–H and O–H groups in total. The lowest BCUT2D eigenvalue weighted by Crippen LogP contribution is -2.29. The van der Waals surface area contributed by atoms with Crippen molar-refractivity contribution in [1.82, 2.24) is 9.80 Å². The van der Waals surface area contributed by atoms with E-state index in [1.165, 1.54) is 50.6 Å². The zero-order valence-corrected chi connectivity index (χ0v) is 22.7. The van der Waals surface area contributed by atoms with Crippen LogP contribution < -0.4 is 4.74 Å². The average molecular weight is 496 g/mol. The van der Waals surface area contributed by atoms with Crippen LogP contribution in [0.25, 0.3) is 0 Å². The van der Waals surface area contributed by atoms with Gasteiger partial charge < -0.3 is 14.4 Å². The van der Waals surface area contributed by atoms with Crippen LogP contribution in [0.3, 0.4) is 0 Å². The van der Waals surface area contributed by atoms with Crippen molar-refractivity contribution in [3.05, 3.63) is 65.2 Å². The van der Waals surface area contributed by atoms with Crippen molar-refractivity contribution in [2.45, 2.75) is 59.0 Å². The third-order valence-electron chi connectivity index (χ3n) is 6.20. The molecule has 0 spiro atoms. The monoisotopic (exact) mass is 495 g/mol. The zero-order valence-electron chi connectivity index (χ0n) is 22.7. The molecule has 0 aliphatic rings. The first-order chi connectivity index (χ1) is 17.6. The summed E-state index contributed by atoms with van der Waals surface area (Å²) in [6, 6.07) is 16.5. The molecule has 6 nitrogen and oxygen atoms in total. The van der Waals surface area contributed by atoms with E-state index in [-0.39, 0.29) is 5.97 Å². The first-order valence-corrected chi connectivity index (χ1v) is 13.3. The molecule has 0 fully saturated rings. The highest BCUT2D eigenvalue weighted by molar-refractivity contribution is 5.79. The largest absolute Gasteiger partial charge is 0.497 e. The van der Waals surface area contributed by atoms with Gasteiger partial charge in [0.25, 0.3) is 0 Å². The number of methoxy groups -OCH3 is 2. The van der Waals surface area contributed by atoms with Crippen molar-refractivity contribution in [2.75, 3.05) is 46.9 Å². The van der Waals surface area contributed by atoms with Crippen LogP contribution in [0.15, 0.2) is 53.5 Å². The maximum atomic E-state index is 11.7. The van der Waals surface area contributed by atoms with E-state index in [0.717, 1.165) is 37.4 Å². The Balaban J connectivity index is 1.86. The van der Waals surface area contributed by atoms with Crippen LogP contribution in [0.5, 0.6) is 5.75 Å². The standard InChI is InChI=1S/C30H45N3O3/c1-5-18-32(19-6-2)20-7-8-21-33(22-17-30(34)36-4)25-28-11-9-26(10-12-28)23-31-24-27-13-15-29(35-3)16-14-27/h9-16,24H,5-8,17-23,25H2,1-4H3. The number of esters is 1. The minimum absolute atomic E-state index is 0.151. The summed E-state index contributed by atoms with van der Waals surface area (Å²) in [5, 5.41) is 0. The maximum Gasteiger partial charge on any atom is 0.306 e. The van der Waals surface area contributed by atoms with Crippen LogP contribution in [0.4, 0.5) is 0 Å². The third kappa shape index (κ3) is 11.8. The first kappa shape index (κ1) is 29.5. The fourth-order valence-electron chi connectivity index (χ4n) is 4.21. The number of hydrogen-bond donors (Lipinski definition) is 0. The van der Waals surface area contributed by atoms with Gasteiger partial charge in [0.1, 0.15) is 5.75 Å². The summed E-state index contributed by atoms with van der Waals surface area (Å²) < 4.78 is 10.1. The lowest BCUT2D eigenvalue weighted by molar-refractivity contribution is -0.141. The Bertz CT molecular complexity index is 875. The van der Waals surface area contributed by atoms with Gasteiger partial charge in [0, 0.05) is 19.3 Å². The molecule has 198 valence electrons. The molecule has 0 aliphatic heterocycles. The van der Waals surface area contributed by atoms with Crippen LogP contribution in [-0.4, -0.2) is 68.9 Å². The van der Waals surface area contributed by atoms with Crippen molar-refractivity contribution >= 4 is 12.2 Å². The molecule has 0 unspecified atom stereocenters. The predicted octanol–water partition coefficient (Wildman–Crippen LogP) is 5.58. The number of carbonyl (C=O) groups is 1. The zero-order chi connectivity index (χ0) is 26.0. The first-order valence-electron chi connectivity index (χ1n) is 13.3. The Labute approximate surface area is 218 Å². The summed E-state index contributed by atoms with van der Waals surface area (Å²) in [7, 11) is 3.12. The van der Waals surface area contributed by atoms with Crippen molar-refractivity contribution in [2.24, 2.45) is 4.99 Å². The van der Waals surface area contributed by atoms with Gasteiger partial charge in [-0.25, -0.2) is 0 Å². The second-order valence-corrected chi connectivity index (χ2v) is 9.21. The van der Waals surface area contributed by atoms with Crippen LogP contribution in [0.1, 0.15) is 62.6 Å². The molecular weight excluding hydrogens is 450 g/mol. The van der Waals surface area contributed by atoms with Gasteiger partial charge in [-0.2, -0.15) is 0 Å². The highest BCUT2D eigenvalue weighted by Crippen LogP contribution is 2.12. The van der Waals surface area contributed by atoms with Crippen molar-refractivity contribution in [1.29, 1.82) is 0 Å². The van der Waals surface area contributed by atoms with Gasteiger partial charge in [0.05, 0.1) is 27.2 Å². The molecule has 0 aromatic heterocycles. The molecule has 6 heteroatoms. The van der Waals surface area contributed by atoms with Crippen molar-refractivity contribution in [3.8, 4) is 5.75 Å². The second-order valence-electron chi connectivity index (χ2n) is 9.21. The number of hydrogen-bond acceptors (Lipinski definition) is 6. The number of benzene rings is 2. The summed E-state index contributed by atoms with van der Waals surface area (Å²) in [5.74, 6) is 0.695. The molecule has 0 bridgehead atoms. The summed E-state index contributed by atoms with van der Waals surface area (Å²) in [4.78, 5) is 21.2.